The quantitative estimate of drug-likeness (QED) is 0.911. The van der Waals surface area contributed by atoms with Crippen LogP contribution in [0.1, 0.15) is 28.4 Å². The zero-order chi connectivity index (χ0) is 13.1. The molecule has 0 aliphatic heterocycles. The largest absolute Gasteiger partial charge is 0.308 e. The van der Waals surface area contributed by atoms with Crippen LogP contribution >= 0.6 is 11.6 Å². The Kier molecular flexibility index (Phi) is 4.00. The number of halogens is 1. The third-order valence-electron chi connectivity index (χ3n) is 3.00. The summed E-state index contributed by atoms with van der Waals surface area (Å²) in [5.41, 5.74) is 4.54. The molecule has 2 rings (SSSR count). The van der Waals surface area contributed by atoms with Gasteiger partial charge in [0.15, 0.2) is 0 Å². The second kappa shape index (κ2) is 5.51. The average molecular weight is 261 g/mol. The Morgan fingerprint density at radius 3 is 2.61 bits per heavy atom. The lowest BCUT2D eigenvalue weighted by atomic mass is 9.99. The lowest BCUT2D eigenvalue weighted by Crippen LogP contribution is -2.20. The predicted molar refractivity (Wildman–Crippen MR) is 76.1 cm³/mol. The van der Waals surface area contributed by atoms with E-state index in [0.29, 0.717) is 0 Å². The van der Waals surface area contributed by atoms with Gasteiger partial charge in [-0.05, 0) is 49.7 Å². The highest BCUT2D eigenvalue weighted by Crippen LogP contribution is 2.25. The molecule has 1 aromatic heterocycles. The SMILES string of the molecule is CNC(c1cccc(Cl)c1)c1ncc(C)cc1C. The Labute approximate surface area is 113 Å². The fourth-order valence-electron chi connectivity index (χ4n) is 2.18. The fourth-order valence-corrected chi connectivity index (χ4v) is 2.37. The number of hydrogen-bond donors (Lipinski definition) is 1. The van der Waals surface area contributed by atoms with Crippen LogP contribution in [-0.4, -0.2) is 12.0 Å². The molecule has 1 unspecified atom stereocenters. The van der Waals surface area contributed by atoms with Crippen molar-refractivity contribution in [2.75, 3.05) is 7.05 Å². The zero-order valence-electron chi connectivity index (χ0n) is 10.9. The number of hydrogen-bond acceptors (Lipinski definition) is 2. The third-order valence-corrected chi connectivity index (χ3v) is 3.23. The molecule has 0 saturated heterocycles. The summed E-state index contributed by atoms with van der Waals surface area (Å²) in [5.74, 6) is 0. The van der Waals surface area contributed by atoms with E-state index >= 15 is 0 Å². The van der Waals surface area contributed by atoms with E-state index in [1.54, 1.807) is 0 Å². The molecule has 1 aromatic carbocycles. The van der Waals surface area contributed by atoms with Gasteiger partial charge in [0.05, 0.1) is 11.7 Å². The number of nitrogens with zero attached hydrogens (tertiary/aromatic N) is 1. The van der Waals surface area contributed by atoms with E-state index in [2.05, 4.69) is 36.3 Å². The van der Waals surface area contributed by atoms with Gasteiger partial charge in [-0.1, -0.05) is 29.8 Å². The summed E-state index contributed by atoms with van der Waals surface area (Å²) in [6.45, 7) is 4.14. The minimum Gasteiger partial charge on any atom is -0.308 e. The first kappa shape index (κ1) is 13.1. The van der Waals surface area contributed by atoms with Crippen molar-refractivity contribution in [3.8, 4) is 0 Å². The molecule has 1 N–H and O–H groups in total. The smallest absolute Gasteiger partial charge is 0.0752 e. The van der Waals surface area contributed by atoms with Gasteiger partial charge >= 0.3 is 0 Å². The molecule has 2 aromatic rings. The van der Waals surface area contributed by atoms with Gasteiger partial charge in [-0.2, -0.15) is 0 Å². The molecule has 0 amide bonds. The van der Waals surface area contributed by atoms with Crippen LogP contribution in [0.5, 0.6) is 0 Å². The van der Waals surface area contributed by atoms with Gasteiger partial charge in [-0.25, -0.2) is 0 Å². The van der Waals surface area contributed by atoms with E-state index in [1.165, 1.54) is 11.1 Å². The molecule has 0 radical (unpaired) electrons. The van der Waals surface area contributed by atoms with Gasteiger partial charge in [0.25, 0.3) is 0 Å². The van der Waals surface area contributed by atoms with Crippen LogP contribution in [0.4, 0.5) is 0 Å². The third kappa shape index (κ3) is 2.71. The Bertz CT molecular complexity index is 552. The lowest BCUT2D eigenvalue weighted by Gasteiger charge is -2.18. The van der Waals surface area contributed by atoms with E-state index < -0.39 is 0 Å². The Morgan fingerprint density at radius 2 is 2.00 bits per heavy atom. The number of pyridine rings is 1. The topological polar surface area (TPSA) is 24.9 Å². The van der Waals surface area contributed by atoms with Crippen molar-refractivity contribution < 1.29 is 0 Å². The highest BCUT2D eigenvalue weighted by atomic mass is 35.5. The molecule has 0 bridgehead atoms. The van der Waals surface area contributed by atoms with Gasteiger partial charge in [0.2, 0.25) is 0 Å². The van der Waals surface area contributed by atoms with E-state index in [0.717, 1.165) is 16.3 Å². The van der Waals surface area contributed by atoms with Crippen molar-refractivity contribution >= 4 is 11.6 Å². The number of aryl methyl sites for hydroxylation is 2. The maximum atomic E-state index is 6.05. The molecule has 1 atom stereocenters. The van der Waals surface area contributed by atoms with Crippen LogP contribution in [0.2, 0.25) is 5.02 Å². The van der Waals surface area contributed by atoms with Crippen molar-refractivity contribution in [2.45, 2.75) is 19.9 Å². The molecule has 0 aliphatic rings. The average Bonchev–Trinajstić information content (AvgIpc) is 2.33. The van der Waals surface area contributed by atoms with Crippen LogP contribution in [0, 0.1) is 13.8 Å². The van der Waals surface area contributed by atoms with Crippen LogP contribution in [0.15, 0.2) is 36.5 Å². The summed E-state index contributed by atoms with van der Waals surface area (Å²) in [6, 6.07) is 10.1. The monoisotopic (exact) mass is 260 g/mol. The number of nitrogens with one attached hydrogen (secondary N) is 1. The van der Waals surface area contributed by atoms with Crippen LogP contribution in [-0.2, 0) is 0 Å². The minimum atomic E-state index is 0.0734. The first-order valence-corrected chi connectivity index (χ1v) is 6.35. The van der Waals surface area contributed by atoms with Gasteiger partial charge in [0, 0.05) is 11.2 Å². The Balaban J connectivity index is 2.45. The summed E-state index contributed by atoms with van der Waals surface area (Å²) < 4.78 is 0. The number of rotatable bonds is 3. The fraction of sp³-hybridized carbons (Fsp3) is 0.267. The summed E-state index contributed by atoms with van der Waals surface area (Å²) in [6.07, 6.45) is 1.90. The maximum Gasteiger partial charge on any atom is 0.0752 e. The summed E-state index contributed by atoms with van der Waals surface area (Å²) in [5, 5.41) is 4.05. The Morgan fingerprint density at radius 1 is 1.22 bits per heavy atom. The van der Waals surface area contributed by atoms with Crippen molar-refractivity contribution in [3.63, 3.8) is 0 Å². The molecule has 0 spiro atoms. The molecular formula is C15H17ClN2. The standard InChI is InChI=1S/C15H17ClN2/c1-10-7-11(2)14(18-9-10)15(17-3)12-5-4-6-13(16)8-12/h4-9,15,17H,1-3H3. The van der Waals surface area contributed by atoms with E-state index in [4.69, 9.17) is 11.6 Å². The molecule has 0 aliphatic carbocycles. The first-order chi connectivity index (χ1) is 8.61. The molecule has 0 saturated carbocycles. The van der Waals surface area contributed by atoms with Crippen LogP contribution in [0.25, 0.3) is 0 Å². The van der Waals surface area contributed by atoms with Gasteiger partial charge < -0.3 is 5.32 Å². The second-order valence-electron chi connectivity index (χ2n) is 4.49. The zero-order valence-corrected chi connectivity index (χ0v) is 11.6. The highest BCUT2D eigenvalue weighted by Gasteiger charge is 2.15. The molecular weight excluding hydrogens is 244 g/mol. The van der Waals surface area contributed by atoms with Crippen molar-refractivity contribution in [2.24, 2.45) is 0 Å². The van der Waals surface area contributed by atoms with Gasteiger partial charge in [-0.3, -0.25) is 4.98 Å². The predicted octanol–water partition coefficient (Wildman–Crippen LogP) is 3.66. The van der Waals surface area contributed by atoms with E-state index in [1.807, 2.05) is 31.4 Å². The first-order valence-electron chi connectivity index (χ1n) is 5.97. The van der Waals surface area contributed by atoms with Crippen molar-refractivity contribution in [1.82, 2.24) is 10.3 Å². The summed E-state index contributed by atoms with van der Waals surface area (Å²) in [7, 11) is 1.94. The number of benzene rings is 1. The second-order valence-corrected chi connectivity index (χ2v) is 4.93. The molecule has 94 valence electrons. The maximum absolute atomic E-state index is 6.05. The normalized spacial score (nSPS) is 12.4. The summed E-state index contributed by atoms with van der Waals surface area (Å²) in [4.78, 5) is 4.55. The molecule has 0 fully saturated rings. The van der Waals surface area contributed by atoms with Crippen LogP contribution < -0.4 is 5.32 Å². The number of aromatic nitrogens is 1. The molecule has 18 heavy (non-hydrogen) atoms. The van der Waals surface area contributed by atoms with Crippen molar-refractivity contribution in [1.29, 1.82) is 0 Å². The van der Waals surface area contributed by atoms with E-state index in [9.17, 15) is 0 Å². The van der Waals surface area contributed by atoms with Gasteiger partial charge in [0.1, 0.15) is 0 Å². The molecule has 3 heteroatoms. The summed E-state index contributed by atoms with van der Waals surface area (Å²) >= 11 is 6.05. The molecule has 2 nitrogen and oxygen atoms in total. The lowest BCUT2D eigenvalue weighted by molar-refractivity contribution is 0.665. The van der Waals surface area contributed by atoms with Crippen molar-refractivity contribution in [3.05, 3.63) is 63.9 Å². The Hall–Kier alpha value is -1.38. The molecule has 1 heterocycles. The van der Waals surface area contributed by atoms with Crippen LogP contribution in [0.3, 0.4) is 0 Å². The minimum absolute atomic E-state index is 0.0734. The van der Waals surface area contributed by atoms with E-state index in [-0.39, 0.29) is 6.04 Å². The highest BCUT2D eigenvalue weighted by molar-refractivity contribution is 6.30. The van der Waals surface area contributed by atoms with Gasteiger partial charge in [-0.15, -0.1) is 0 Å².